The standard InChI is InChI=1S/C17H22N2O2S/c1-13-4-5-14(8-18-9-15-11-22-12-19-15)17(7-13)21-10-16-3-2-6-20-16/h4-5,7,11-12,16,18H,2-3,6,8-10H2,1H3/t16-/m1/s1. The third-order valence-corrected chi connectivity index (χ3v) is 4.41. The van der Waals surface area contributed by atoms with Gasteiger partial charge in [0.05, 0.1) is 17.3 Å². The van der Waals surface area contributed by atoms with Crippen molar-refractivity contribution in [3.63, 3.8) is 0 Å². The molecule has 2 heterocycles. The maximum atomic E-state index is 6.01. The first-order valence-corrected chi connectivity index (χ1v) is 8.67. The first-order valence-electron chi connectivity index (χ1n) is 7.73. The van der Waals surface area contributed by atoms with Gasteiger partial charge in [-0.05, 0) is 31.4 Å². The zero-order valence-electron chi connectivity index (χ0n) is 12.9. The van der Waals surface area contributed by atoms with Gasteiger partial charge in [-0.1, -0.05) is 12.1 Å². The van der Waals surface area contributed by atoms with Gasteiger partial charge >= 0.3 is 0 Å². The molecule has 4 nitrogen and oxygen atoms in total. The molecule has 3 rings (SSSR count). The van der Waals surface area contributed by atoms with Crippen LogP contribution in [0.25, 0.3) is 0 Å². The van der Waals surface area contributed by atoms with Crippen LogP contribution < -0.4 is 10.1 Å². The number of ether oxygens (including phenoxy) is 2. The molecule has 1 saturated heterocycles. The number of rotatable bonds is 7. The minimum Gasteiger partial charge on any atom is -0.491 e. The zero-order valence-corrected chi connectivity index (χ0v) is 13.7. The number of nitrogens with zero attached hydrogens (tertiary/aromatic N) is 1. The summed E-state index contributed by atoms with van der Waals surface area (Å²) in [5.41, 5.74) is 5.34. The monoisotopic (exact) mass is 318 g/mol. The number of thiazole rings is 1. The lowest BCUT2D eigenvalue weighted by molar-refractivity contribution is 0.0675. The van der Waals surface area contributed by atoms with Crippen molar-refractivity contribution in [2.24, 2.45) is 0 Å². The van der Waals surface area contributed by atoms with Crippen LogP contribution in [0.15, 0.2) is 29.1 Å². The van der Waals surface area contributed by atoms with Crippen LogP contribution in [-0.4, -0.2) is 24.3 Å². The van der Waals surface area contributed by atoms with Gasteiger partial charge in [0.25, 0.3) is 0 Å². The summed E-state index contributed by atoms with van der Waals surface area (Å²) in [6.07, 6.45) is 2.49. The van der Waals surface area contributed by atoms with Gasteiger partial charge in [0.2, 0.25) is 0 Å². The number of aryl methyl sites for hydroxylation is 1. The van der Waals surface area contributed by atoms with Crippen LogP contribution >= 0.6 is 11.3 Å². The maximum absolute atomic E-state index is 6.01. The van der Waals surface area contributed by atoms with Gasteiger partial charge in [0.1, 0.15) is 12.4 Å². The summed E-state index contributed by atoms with van der Waals surface area (Å²) in [5.74, 6) is 0.960. The first kappa shape index (κ1) is 15.5. The average Bonchev–Trinajstić information content (AvgIpc) is 3.20. The highest BCUT2D eigenvalue weighted by atomic mass is 32.1. The molecule has 1 atom stereocenters. The smallest absolute Gasteiger partial charge is 0.124 e. The van der Waals surface area contributed by atoms with E-state index in [2.05, 4.69) is 40.8 Å². The summed E-state index contributed by atoms with van der Waals surface area (Å²) in [7, 11) is 0. The minimum absolute atomic E-state index is 0.247. The van der Waals surface area contributed by atoms with Crippen molar-refractivity contribution >= 4 is 11.3 Å². The Labute approximate surface area is 135 Å². The Bertz CT molecular complexity index is 580. The van der Waals surface area contributed by atoms with E-state index in [0.717, 1.165) is 44.0 Å². The second kappa shape index (κ2) is 7.72. The fraction of sp³-hybridized carbons (Fsp3) is 0.471. The Kier molecular flexibility index (Phi) is 5.43. The molecule has 2 aromatic rings. The first-order chi connectivity index (χ1) is 10.8. The van der Waals surface area contributed by atoms with Crippen molar-refractivity contribution < 1.29 is 9.47 Å². The lowest BCUT2D eigenvalue weighted by atomic mass is 10.1. The van der Waals surface area contributed by atoms with E-state index in [1.54, 1.807) is 11.3 Å². The molecule has 0 amide bonds. The summed E-state index contributed by atoms with van der Waals surface area (Å²) >= 11 is 1.62. The molecular formula is C17H22N2O2S. The molecule has 0 saturated carbocycles. The molecule has 1 aromatic carbocycles. The molecular weight excluding hydrogens is 296 g/mol. The Morgan fingerprint density at radius 2 is 2.36 bits per heavy atom. The van der Waals surface area contributed by atoms with Crippen LogP contribution in [0.5, 0.6) is 5.75 Å². The quantitative estimate of drug-likeness (QED) is 0.850. The van der Waals surface area contributed by atoms with E-state index in [-0.39, 0.29) is 6.10 Å². The predicted molar refractivity (Wildman–Crippen MR) is 88.3 cm³/mol. The van der Waals surface area contributed by atoms with Crippen LogP contribution in [-0.2, 0) is 17.8 Å². The van der Waals surface area contributed by atoms with Crippen molar-refractivity contribution in [3.05, 3.63) is 45.9 Å². The highest BCUT2D eigenvalue weighted by Crippen LogP contribution is 2.22. The van der Waals surface area contributed by atoms with Gasteiger partial charge in [-0.25, -0.2) is 4.98 Å². The van der Waals surface area contributed by atoms with E-state index in [1.165, 1.54) is 11.1 Å². The normalized spacial score (nSPS) is 17.8. The van der Waals surface area contributed by atoms with Gasteiger partial charge in [-0.3, -0.25) is 0 Å². The Hall–Kier alpha value is -1.43. The molecule has 22 heavy (non-hydrogen) atoms. The third-order valence-electron chi connectivity index (χ3n) is 3.78. The summed E-state index contributed by atoms with van der Waals surface area (Å²) in [6.45, 7) is 5.15. The summed E-state index contributed by atoms with van der Waals surface area (Å²) < 4.78 is 11.6. The van der Waals surface area contributed by atoms with Gasteiger partial charge in [0.15, 0.2) is 0 Å². The van der Waals surface area contributed by atoms with Crippen molar-refractivity contribution in [1.82, 2.24) is 10.3 Å². The fourth-order valence-corrected chi connectivity index (χ4v) is 3.11. The molecule has 1 aromatic heterocycles. The van der Waals surface area contributed by atoms with E-state index in [4.69, 9.17) is 9.47 Å². The van der Waals surface area contributed by atoms with E-state index >= 15 is 0 Å². The Balaban J connectivity index is 1.56. The van der Waals surface area contributed by atoms with Crippen LogP contribution in [0, 0.1) is 6.92 Å². The van der Waals surface area contributed by atoms with E-state index in [1.807, 2.05) is 5.51 Å². The highest BCUT2D eigenvalue weighted by Gasteiger charge is 2.16. The van der Waals surface area contributed by atoms with Crippen LogP contribution in [0.3, 0.4) is 0 Å². The van der Waals surface area contributed by atoms with Gasteiger partial charge in [-0.2, -0.15) is 0 Å². The summed E-state index contributed by atoms with van der Waals surface area (Å²) in [6, 6.07) is 6.36. The molecule has 0 radical (unpaired) electrons. The number of benzene rings is 1. The zero-order chi connectivity index (χ0) is 15.2. The van der Waals surface area contributed by atoms with Crippen molar-refractivity contribution in [2.75, 3.05) is 13.2 Å². The van der Waals surface area contributed by atoms with E-state index in [9.17, 15) is 0 Å². The molecule has 1 aliphatic rings. The van der Waals surface area contributed by atoms with Gasteiger partial charge < -0.3 is 14.8 Å². The van der Waals surface area contributed by atoms with E-state index in [0.29, 0.717) is 6.61 Å². The lowest BCUT2D eigenvalue weighted by Crippen LogP contribution is -2.18. The summed E-state index contributed by atoms with van der Waals surface area (Å²) in [4.78, 5) is 4.28. The van der Waals surface area contributed by atoms with Crippen LogP contribution in [0.2, 0.25) is 0 Å². The predicted octanol–water partition coefficient (Wildman–Crippen LogP) is 3.30. The van der Waals surface area contributed by atoms with E-state index < -0.39 is 0 Å². The molecule has 1 aliphatic heterocycles. The molecule has 0 bridgehead atoms. The third kappa shape index (κ3) is 4.29. The molecule has 5 heteroatoms. The second-order valence-corrected chi connectivity index (χ2v) is 6.36. The fourth-order valence-electron chi connectivity index (χ4n) is 2.55. The number of aromatic nitrogens is 1. The Morgan fingerprint density at radius 1 is 1.41 bits per heavy atom. The average molecular weight is 318 g/mol. The Morgan fingerprint density at radius 3 is 3.14 bits per heavy atom. The van der Waals surface area contributed by atoms with Crippen molar-refractivity contribution in [3.8, 4) is 5.75 Å². The lowest BCUT2D eigenvalue weighted by Gasteiger charge is -2.15. The molecule has 1 N–H and O–H groups in total. The van der Waals surface area contributed by atoms with Crippen molar-refractivity contribution in [1.29, 1.82) is 0 Å². The molecule has 0 aliphatic carbocycles. The molecule has 1 fully saturated rings. The molecule has 118 valence electrons. The SMILES string of the molecule is Cc1ccc(CNCc2cscn2)c(OC[C@H]2CCCO2)c1. The number of nitrogens with one attached hydrogen (secondary N) is 1. The number of hydrogen-bond acceptors (Lipinski definition) is 5. The van der Waals surface area contributed by atoms with Crippen LogP contribution in [0.1, 0.15) is 29.7 Å². The number of hydrogen-bond donors (Lipinski definition) is 1. The summed E-state index contributed by atoms with van der Waals surface area (Å²) in [5, 5.41) is 5.49. The van der Waals surface area contributed by atoms with Gasteiger partial charge in [0, 0.05) is 30.6 Å². The van der Waals surface area contributed by atoms with Crippen LogP contribution in [0.4, 0.5) is 0 Å². The highest BCUT2D eigenvalue weighted by molar-refractivity contribution is 7.07. The second-order valence-electron chi connectivity index (χ2n) is 5.64. The molecule has 0 spiro atoms. The molecule has 0 unspecified atom stereocenters. The minimum atomic E-state index is 0.247. The largest absolute Gasteiger partial charge is 0.491 e. The van der Waals surface area contributed by atoms with Gasteiger partial charge in [-0.15, -0.1) is 11.3 Å². The van der Waals surface area contributed by atoms with Crippen molar-refractivity contribution in [2.45, 2.75) is 39.0 Å². The topological polar surface area (TPSA) is 43.4 Å². The maximum Gasteiger partial charge on any atom is 0.124 e.